The van der Waals surface area contributed by atoms with Crippen LogP contribution in [0.4, 0.5) is 11.4 Å². The smallest absolute Gasteiger partial charge is 0.234 e. The van der Waals surface area contributed by atoms with Crippen LogP contribution in [0.5, 0.6) is 0 Å². The molecule has 0 radical (unpaired) electrons. The number of rotatable bonds is 6. The molecule has 1 saturated heterocycles. The van der Waals surface area contributed by atoms with Gasteiger partial charge in [-0.05, 0) is 56.0 Å². The number of anilines is 2. The van der Waals surface area contributed by atoms with Gasteiger partial charge in [0.2, 0.25) is 5.91 Å². The third-order valence-corrected chi connectivity index (χ3v) is 5.46. The molecule has 4 heteroatoms. The Morgan fingerprint density at radius 2 is 1.84 bits per heavy atom. The standard InChI is InChI=1S/C21H26N2OS/c1-17-6-5-7-18(14-17)15-25-16-21(24)22-19-8-10-20(11-9-19)23-12-3-2-4-13-23/h5-11,14H,2-4,12-13,15-16H2,1H3,(H,22,24). The van der Waals surface area contributed by atoms with Gasteiger partial charge in [-0.1, -0.05) is 29.8 Å². The van der Waals surface area contributed by atoms with E-state index >= 15 is 0 Å². The third kappa shape index (κ3) is 5.53. The van der Waals surface area contributed by atoms with Crippen LogP contribution in [0.1, 0.15) is 30.4 Å². The molecule has 3 rings (SSSR count). The lowest BCUT2D eigenvalue weighted by Gasteiger charge is -2.28. The number of hydrogen-bond acceptors (Lipinski definition) is 3. The van der Waals surface area contributed by atoms with Gasteiger partial charge < -0.3 is 10.2 Å². The molecule has 0 spiro atoms. The van der Waals surface area contributed by atoms with E-state index in [1.807, 2.05) is 12.1 Å². The number of thioether (sulfide) groups is 1. The average molecular weight is 355 g/mol. The predicted octanol–water partition coefficient (Wildman–Crippen LogP) is 4.86. The Balaban J connectivity index is 1.44. The van der Waals surface area contributed by atoms with Crippen molar-refractivity contribution in [3.63, 3.8) is 0 Å². The minimum Gasteiger partial charge on any atom is -0.372 e. The van der Waals surface area contributed by atoms with Gasteiger partial charge in [-0.15, -0.1) is 11.8 Å². The van der Waals surface area contributed by atoms with Crippen LogP contribution in [-0.4, -0.2) is 24.7 Å². The van der Waals surface area contributed by atoms with Crippen LogP contribution in [0.15, 0.2) is 48.5 Å². The van der Waals surface area contributed by atoms with Crippen LogP contribution in [0.2, 0.25) is 0 Å². The van der Waals surface area contributed by atoms with Crippen LogP contribution >= 0.6 is 11.8 Å². The SMILES string of the molecule is Cc1cccc(CSCC(=O)Nc2ccc(N3CCCCC3)cc2)c1. The third-order valence-electron chi connectivity index (χ3n) is 4.46. The summed E-state index contributed by atoms with van der Waals surface area (Å²) in [6.45, 7) is 4.37. The minimum absolute atomic E-state index is 0.0587. The van der Waals surface area contributed by atoms with Crippen LogP contribution < -0.4 is 10.2 Å². The van der Waals surface area contributed by atoms with E-state index in [1.165, 1.54) is 36.1 Å². The Hall–Kier alpha value is -1.94. The van der Waals surface area contributed by atoms with Gasteiger partial charge in [-0.2, -0.15) is 0 Å². The highest BCUT2D eigenvalue weighted by molar-refractivity contribution is 7.99. The molecule has 132 valence electrons. The molecule has 3 nitrogen and oxygen atoms in total. The molecule has 1 fully saturated rings. The number of amides is 1. The summed E-state index contributed by atoms with van der Waals surface area (Å²) in [7, 11) is 0. The second-order valence-electron chi connectivity index (χ2n) is 6.62. The van der Waals surface area contributed by atoms with Crippen molar-refractivity contribution in [3.05, 3.63) is 59.7 Å². The summed E-state index contributed by atoms with van der Waals surface area (Å²) in [5.74, 6) is 1.40. The molecular weight excluding hydrogens is 328 g/mol. The largest absolute Gasteiger partial charge is 0.372 e. The van der Waals surface area contributed by atoms with Gasteiger partial charge in [0.15, 0.2) is 0 Å². The Bertz CT molecular complexity index is 693. The number of aryl methyl sites for hydroxylation is 1. The molecule has 1 aliphatic heterocycles. The van der Waals surface area contributed by atoms with E-state index in [0.29, 0.717) is 5.75 Å². The first-order valence-electron chi connectivity index (χ1n) is 8.99. The number of nitrogens with zero attached hydrogens (tertiary/aromatic N) is 1. The maximum atomic E-state index is 12.1. The van der Waals surface area contributed by atoms with E-state index in [2.05, 4.69) is 53.5 Å². The number of carbonyl (C=O) groups is 1. The molecule has 2 aromatic rings. The molecule has 0 aromatic heterocycles. The first kappa shape index (κ1) is 17.9. The molecule has 2 aromatic carbocycles. The Labute approximate surface area is 154 Å². The maximum Gasteiger partial charge on any atom is 0.234 e. The van der Waals surface area contributed by atoms with Crippen LogP contribution in [0.25, 0.3) is 0 Å². The lowest BCUT2D eigenvalue weighted by Crippen LogP contribution is -2.29. The van der Waals surface area contributed by atoms with Crippen molar-refractivity contribution in [2.24, 2.45) is 0 Å². The first-order valence-corrected chi connectivity index (χ1v) is 10.1. The van der Waals surface area contributed by atoms with Crippen molar-refractivity contribution in [1.82, 2.24) is 0 Å². The molecule has 1 heterocycles. The van der Waals surface area contributed by atoms with E-state index in [1.54, 1.807) is 11.8 Å². The molecule has 0 bridgehead atoms. The first-order chi connectivity index (χ1) is 12.2. The van der Waals surface area contributed by atoms with Crippen LogP contribution in [0, 0.1) is 6.92 Å². The summed E-state index contributed by atoms with van der Waals surface area (Å²) >= 11 is 1.65. The average Bonchev–Trinajstić information content (AvgIpc) is 2.63. The van der Waals surface area contributed by atoms with Gasteiger partial charge in [0.1, 0.15) is 0 Å². The number of nitrogens with one attached hydrogen (secondary N) is 1. The lowest BCUT2D eigenvalue weighted by molar-refractivity contribution is -0.113. The van der Waals surface area contributed by atoms with Crippen molar-refractivity contribution in [2.75, 3.05) is 29.1 Å². The van der Waals surface area contributed by atoms with E-state index in [4.69, 9.17) is 0 Å². The predicted molar refractivity (Wildman–Crippen MR) is 108 cm³/mol. The van der Waals surface area contributed by atoms with Crippen molar-refractivity contribution < 1.29 is 4.79 Å². The summed E-state index contributed by atoms with van der Waals surface area (Å²) in [6, 6.07) is 16.7. The highest BCUT2D eigenvalue weighted by Gasteiger charge is 2.11. The topological polar surface area (TPSA) is 32.3 Å². The van der Waals surface area contributed by atoms with Crippen molar-refractivity contribution in [2.45, 2.75) is 31.9 Å². The van der Waals surface area contributed by atoms with Gasteiger partial charge in [0.05, 0.1) is 5.75 Å². The quantitative estimate of drug-likeness (QED) is 0.804. The van der Waals surface area contributed by atoms with E-state index in [9.17, 15) is 4.79 Å². The molecule has 25 heavy (non-hydrogen) atoms. The highest BCUT2D eigenvalue weighted by atomic mass is 32.2. The van der Waals surface area contributed by atoms with E-state index in [0.717, 1.165) is 24.5 Å². The zero-order valence-electron chi connectivity index (χ0n) is 14.8. The van der Waals surface area contributed by atoms with Gasteiger partial charge >= 0.3 is 0 Å². The summed E-state index contributed by atoms with van der Waals surface area (Å²) in [5, 5.41) is 2.99. The van der Waals surface area contributed by atoms with E-state index < -0.39 is 0 Å². The van der Waals surface area contributed by atoms with E-state index in [-0.39, 0.29) is 5.91 Å². The minimum atomic E-state index is 0.0587. The van der Waals surface area contributed by atoms with Gasteiger partial charge in [0.25, 0.3) is 0 Å². The summed E-state index contributed by atoms with van der Waals surface area (Å²) < 4.78 is 0. The fraction of sp³-hybridized carbons (Fsp3) is 0.381. The highest BCUT2D eigenvalue weighted by Crippen LogP contribution is 2.22. The fourth-order valence-electron chi connectivity index (χ4n) is 3.17. The number of carbonyl (C=O) groups excluding carboxylic acids is 1. The van der Waals surface area contributed by atoms with Crippen LogP contribution in [-0.2, 0) is 10.5 Å². The number of piperidine rings is 1. The van der Waals surface area contributed by atoms with Gasteiger partial charge in [-0.25, -0.2) is 0 Å². The normalized spacial score (nSPS) is 14.4. The summed E-state index contributed by atoms with van der Waals surface area (Å²) in [5.41, 5.74) is 4.66. The molecule has 0 aliphatic carbocycles. The maximum absolute atomic E-state index is 12.1. The van der Waals surface area contributed by atoms with Crippen molar-refractivity contribution >= 4 is 29.0 Å². The second kappa shape index (κ2) is 8.95. The molecule has 0 unspecified atom stereocenters. The zero-order chi connectivity index (χ0) is 17.5. The molecule has 1 aliphatic rings. The van der Waals surface area contributed by atoms with Crippen molar-refractivity contribution in [3.8, 4) is 0 Å². The van der Waals surface area contributed by atoms with Crippen molar-refractivity contribution in [1.29, 1.82) is 0 Å². The second-order valence-corrected chi connectivity index (χ2v) is 7.61. The lowest BCUT2D eigenvalue weighted by atomic mass is 10.1. The Morgan fingerprint density at radius 1 is 1.08 bits per heavy atom. The molecular formula is C21H26N2OS. The number of benzene rings is 2. The Morgan fingerprint density at radius 3 is 2.56 bits per heavy atom. The van der Waals surface area contributed by atoms with Crippen LogP contribution in [0.3, 0.4) is 0 Å². The zero-order valence-corrected chi connectivity index (χ0v) is 15.6. The molecule has 1 amide bonds. The molecule has 0 saturated carbocycles. The molecule has 1 N–H and O–H groups in total. The molecule has 0 atom stereocenters. The fourth-order valence-corrected chi connectivity index (χ4v) is 3.94. The summed E-state index contributed by atoms with van der Waals surface area (Å²) in [4.78, 5) is 14.5. The van der Waals surface area contributed by atoms with Gasteiger partial charge in [0, 0.05) is 30.2 Å². The van der Waals surface area contributed by atoms with Gasteiger partial charge in [-0.3, -0.25) is 4.79 Å². The monoisotopic (exact) mass is 354 g/mol. The Kier molecular flexibility index (Phi) is 6.40. The summed E-state index contributed by atoms with van der Waals surface area (Å²) in [6.07, 6.45) is 3.89. The number of hydrogen-bond donors (Lipinski definition) is 1.